The van der Waals surface area contributed by atoms with Crippen LogP contribution in [0.25, 0.3) is 0 Å². The molecule has 2 rings (SSSR count). The molecule has 2 nitrogen and oxygen atoms in total. The van der Waals surface area contributed by atoms with Crippen molar-refractivity contribution in [3.05, 3.63) is 0 Å². The fourth-order valence-corrected chi connectivity index (χ4v) is 2.89. The maximum atomic E-state index is 9.43. The van der Waals surface area contributed by atoms with Gasteiger partial charge in [-0.1, -0.05) is 12.8 Å². The minimum Gasteiger partial charge on any atom is -0.394 e. The van der Waals surface area contributed by atoms with Crippen LogP contribution >= 0.6 is 0 Å². The Hall–Kier alpha value is -0.0800. The lowest BCUT2D eigenvalue weighted by Gasteiger charge is -2.50. The van der Waals surface area contributed by atoms with Gasteiger partial charge in [0, 0.05) is 11.6 Å². The van der Waals surface area contributed by atoms with Crippen molar-refractivity contribution in [1.82, 2.24) is 4.90 Å². The second-order valence-corrected chi connectivity index (χ2v) is 4.79. The predicted octanol–water partition coefficient (Wildman–Crippen LogP) is 1.78. The molecular weight excluding hydrogens is 162 g/mol. The molecule has 0 aromatic rings. The number of aliphatic hydroxyl groups excluding tert-OH is 1. The monoisotopic (exact) mass is 183 g/mol. The SMILES string of the molecule is CN(C1CCCC1)C1(CO)CCC1. The zero-order chi connectivity index (χ0) is 9.31. The molecule has 0 aromatic carbocycles. The Morgan fingerprint density at radius 3 is 2.23 bits per heavy atom. The van der Waals surface area contributed by atoms with Crippen molar-refractivity contribution in [2.45, 2.75) is 56.5 Å². The van der Waals surface area contributed by atoms with E-state index in [1.54, 1.807) is 0 Å². The highest BCUT2D eigenvalue weighted by Gasteiger charge is 2.43. The Labute approximate surface area is 80.9 Å². The highest BCUT2D eigenvalue weighted by molar-refractivity contribution is 4.99. The first-order valence-electron chi connectivity index (χ1n) is 5.62. The number of likely N-dealkylation sites (N-methyl/N-ethyl adjacent to an activating group) is 1. The molecule has 1 N–H and O–H groups in total. The van der Waals surface area contributed by atoms with E-state index in [-0.39, 0.29) is 5.54 Å². The normalized spacial score (nSPS) is 27.9. The Kier molecular flexibility index (Phi) is 2.61. The minimum atomic E-state index is 0.176. The first kappa shape index (κ1) is 9.47. The number of hydrogen-bond donors (Lipinski definition) is 1. The van der Waals surface area contributed by atoms with Gasteiger partial charge in [-0.15, -0.1) is 0 Å². The van der Waals surface area contributed by atoms with Gasteiger partial charge in [0.25, 0.3) is 0 Å². The quantitative estimate of drug-likeness (QED) is 0.721. The van der Waals surface area contributed by atoms with Crippen LogP contribution in [0, 0.1) is 0 Å². The first-order valence-corrected chi connectivity index (χ1v) is 5.62. The fraction of sp³-hybridized carbons (Fsp3) is 1.00. The van der Waals surface area contributed by atoms with E-state index in [2.05, 4.69) is 11.9 Å². The molecule has 0 spiro atoms. The summed E-state index contributed by atoms with van der Waals surface area (Å²) in [7, 11) is 2.21. The van der Waals surface area contributed by atoms with E-state index in [0.717, 1.165) is 6.04 Å². The van der Waals surface area contributed by atoms with Gasteiger partial charge in [-0.25, -0.2) is 0 Å². The van der Waals surface area contributed by atoms with Gasteiger partial charge in [-0.3, -0.25) is 4.90 Å². The summed E-state index contributed by atoms with van der Waals surface area (Å²) in [6.45, 7) is 0.361. The van der Waals surface area contributed by atoms with Crippen LogP contribution in [0.2, 0.25) is 0 Å². The Morgan fingerprint density at radius 2 is 1.85 bits per heavy atom. The summed E-state index contributed by atoms with van der Waals surface area (Å²) in [5.74, 6) is 0. The van der Waals surface area contributed by atoms with Crippen LogP contribution in [0.1, 0.15) is 44.9 Å². The third kappa shape index (κ3) is 1.50. The van der Waals surface area contributed by atoms with E-state index in [1.165, 1.54) is 44.9 Å². The summed E-state index contributed by atoms with van der Waals surface area (Å²) in [6, 6.07) is 0.757. The lowest BCUT2D eigenvalue weighted by atomic mass is 9.75. The molecule has 0 radical (unpaired) electrons. The highest BCUT2D eigenvalue weighted by atomic mass is 16.3. The Balaban J connectivity index is 1.97. The molecule has 0 unspecified atom stereocenters. The minimum absolute atomic E-state index is 0.176. The summed E-state index contributed by atoms with van der Waals surface area (Å²) in [6.07, 6.45) is 9.17. The molecule has 0 amide bonds. The number of hydrogen-bond acceptors (Lipinski definition) is 2. The van der Waals surface area contributed by atoms with Crippen LogP contribution in [-0.2, 0) is 0 Å². The first-order chi connectivity index (χ1) is 6.28. The second-order valence-electron chi connectivity index (χ2n) is 4.79. The average Bonchev–Trinajstić information content (AvgIpc) is 2.54. The summed E-state index contributed by atoms with van der Waals surface area (Å²) < 4.78 is 0. The molecule has 13 heavy (non-hydrogen) atoms. The van der Waals surface area contributed by atoms with Crippen molar-refractivity contribution in [2.75, 3.05) is 13.7 Å². The zero-order valence-corrected chi connectivity index (χ0v) is 8.63. The molecule has 76 valence electrons. The van der Waals surface area contributed by atoms with Gasteiger partial charge in [0.2, 0.25) is 0 Å². The van der Waals surface area contributed by atoms with E-state index in [4.69, 9.17) is 0 Å². The van der Waals surface area contributed by atoms with Crippen molar-refractivity contribution in [1.29, 1.82) is 0 Å². The third-order valence-electron chi connectivity index (χ3n) is 4.20. The van der Waals surface area contributed by atoms with Crippen LogP contribution in [0.3, 0.4) is 0 Å². The standard InChI is InChI=1S/C11H21NO/c1-12(10-5-2-3-6-10)11(9-13)7-4-8-11/h10,13H,2-9H2,1H3. The Morgan fingerprint density at radius 1 is 1.23 bits per heavy atom. The van der Waals surface area contributed by atoms with E-state index >= 15 is 0 Å². The molecule has 0 heterocycles. The van der Waals surface area contributed by atoms with E-state index < -0.39 is 0 Å². The maximum absolute atomic E-state index is 9.43. The highest BCUT2D eigenvalue weighted by Crippen LogP contribution is 2.40. The fourth-order valence-electron chi connectivity index (χ4n) is 2.89. The summed E-state index contributed by atoms with van der Waals surface area (Å²) in [5, 5.41) is 9.43. The molecule has 0 aromatic heterocycles. The molecule has 2 fully saturated rings. The van der Waals surface area contributed by atoms with Gasteiger partial charge in [0.1, 0.15) is 0 Å². The average molecular weight is 183 g/mol. The topological polar surface area (TPSA) is 23.5 Å². The van der Waals surface area contributed by atoms with Gasteiger partial charge in [-0.05, 0) is 39.2 Å². The van der Waals surface area contributed by atoms with Gasteiger partial charge in [0.05, 0.1) is 6.61 Å². The molecule has 0 aliphatic heterocycles. The molecule has 0 bridgehead atoms. The predicted molar refractivity (Wildman–Crippen MR) is 53.7 cm³/mol. The van der Waals surface area contributed by atoms with Gasteiger partial charge < -0.3 is 5.11 Å². The summed E-state index contributed by atoms with van der Waals surface area (Å²) >= 11 is 0. The van der Waals surface area contributed by atoms with Crippen LogP contribution in [0.5, 0.6) is 0 Å². The van der Waals surface area contributed by atoms with Crippen LogP contribution in [-0.4, -0.2) is 35.2 Å². The van der Waals surface area contributed by atoms with Crippen LogP contribution < -0.4 is 0 Å². The van der Waals surface area contributed by atoms with Crippen molar-refractivity contribution >= 4 is 0 Å². The van der Waals surface area contributed by atoms with Crippen molar-refractivity contribution in [3.8, 4) is 0 Å². The molecule has 2 saturated carbocycles. The van der Waals surface area contributed by atoms with Gasteiger partial charge >= 0.3 is 0 Å². The molecule has 2 aliphatic rings. The smallest absolute Gasteiger partial charge is 0.0615 e. The van der Waals surface area contributed by atoms with Crippen LogP contribution in [0.15, 0.2) is 0 Å². The second kappa shape index (κ2) is 3.58. The third-order valence-corrected chi connectivity index (χ3v) is 4.20. The number of aliphatic hydroxyl groups is 1. The van der Waals surface area contributed by atoms with E-state index in [0.29, 0.717) is 6.61 Å². The van der Waals surface area contributed by atoms with E-state index in [9.17, 15) is 5.11 Å². The number of nitrogens with zero attached hydrogens (tertiary/aromatic N) is 1. The van der Waals surface area contributed by atoms with Crippen molar-refractivity contribution < 1.29 is 5.11 Å². The summed E-state index contributed by atoms with van der Waals surface area (Å²) in [4.78, 5) is 2.48. The molecule has 2 heteroatoms. The molecule has 2 aliphatic carbocycles. The van der Waals surface area contributed by atoms with Crippen molar-refractivity contribution in [2.24, 2.45) is 0 Å². The van der Waals surface area contributed by atoms with Gasteiger partial charge in [0.15, 0.2) is 0 Å². The largest absolute Gasteiger partial charge is 0.394 e. The van der Waals surface area contributed by atoms with Gasteiger partial charge in [-0.2, -0.15) is 0 Å². The molecule has 0 saturated heterocycles. The summed E-state index contributed by atoms with van der Waals surface area (Å²) in [5.41, 5.74) is 0.176. The lowest BCUT2D eigenvalue weighted by molar-refractivity contribution is -0.0360. The lowest BCUT2D eigenvalue weighted by Crippen LogP contribution is -2.57. The van der Waals surface area contributed by atoms with Crippen molar-refractivity contribution in [3.63, 3.8) is 0 Å². The van der Waals surface area contributed by atoms with E-state index in [1.807, 2.05) is 0 Å². The molecule has 0 atom stereocenters. The maximum Gasteiger partial charge on any atom is 0.0615 e. The molecular formula is C11H21NO. The number of rotatable bonds is 3. The van der Waals surface area contributed by atoms with Crippen LogP contribution in [0.4, 0.5) is 0 Å². The Bertz CT molecular complexity index is 165. The zero-order valence-electron chi connectivity index (χ0n) is 8.63.